The molecule has 0 aliphatic carbocycles. The van der Waals surface area contributed by atoms with Crippen molar-refractivity contribution in [2.75, 3.05) is 26.9 Å². The molecular weight excluding hydrogens is 297 g/mol. The second-order valence-corrected chi connectivity index (χ2v) is 6.30. The first-order chi connectivity index (χ1) is 11.0. The third-order valence-electron chi connectivity index (χ3n) is 4.32. The van der Waals surface area contributed by atoms with Crippen LogP contribution in [0.25, 0.3) is 0 Å². The Balaban J connectivity index is 2.13. The van der Waals surface area contributed by atoms with Crippen LogP contribution in [-0.2, 0) is 9.53 Å². The van der Waals surface area contributed by atoms with E-state index in [1.807, 2.05) is 13.8 Å². The number of hydrogen-bond acceptors (Lipinski definition) is 4. The Morgan fingerprint density at radius 1 is 1.39 bits per heavy atom. The molecule has 4 nitrogen and oxygen atoms in total. The Bertz CT molecular complexity index is 527. The Kier molecular flexibility index (Phi) is 6.54. The Morgan fingerprint density at radius 3 is 2.65 bits per heavy atom. The largest absolute Gasteiger partial charge is 0.494 e. The van der Waals surface area contributed by atoms with Crippen molar-refractivity contribution >= 4 is 5.78 Å². The van der Waals surface area contributed by atoms with Gasteiger partial charge in [0.1, 0.15) is 5.78 Å². The van der Waals surface area contributed by atoms with Gasteiger partial charge in [0.15, 0.2) is 11.6 Å². The number of methoxy groups -OCH3 is 1. The molecule has 1 aliphatic heterocycles. The lowest BCUT2D eigenvalue weighted by Gasteiger charge is -2.26. The van der Waals surface area contributed by atoms with Gasteiger partial charge in [-0.15, -0.1) is 0 Å². The molecule has 0 aromatic heterocycles. The highest BCUT2D eigenvalue weighted by molar-refractivity contribution is 5.87. The minimum absolute atomic E-state index is 0.0957. The van der Waals surface area contributed by atoms with Gasteiger partial charge in [-0.3, -0.25) is 4.79 Å². The number of halogens is 1. The summed E-state index contributed by atoms with van der Waals surface area (Å²) in [6.45, 7) is 5.77. The van der Waals surface area contributed by atoms with E-state index >= 15 is 0 Å². The zero-order valence-electron chi connectivity index (χ0n) is 14.1. The first kappa shape index (κ1) is 17.9. The summed E-state index contributed by atoms with van der Waals surface area (Å²) in [6.07, 6.45) is 1.89. The van der Waals surface area contributed by atoms with Gasteiger partial charge < -0.3 is 14.8 Å². The molecule has 1 aliphatic rings. The monoisotopic (exact) mass is 323 g/mol. The van der Waals surface area contributed by atoms with Crippen molar-refractivity contribution in [3.8, 4) is 5.75 Å². The molecular formula is C18H26FNO3. The van der Waals surface area contributed by atoms with Gasteiger partial charge >= 0.3 is 0 Å². The molecule has 0 saturated carbocycles. The van der Waals surface area contributed by atoms with Gasteiger partial charge in [-0.05, 0) is 30.5 Å². The summed E-state index contributed by atoms with van der Waals surface area (Å²) in [4.78, 5) is 12.6. The summed E-state index contributed by atoms with van der Waals surface area (Å²) in [5.41, 5.74) is 0.696. The van der Waals surface area contributed by atoms with Gasteiger partial charge in [-0.2, -0.15) is 0 Å². The number of Topliss-reactive ketones (excluding diaryl/α,β-unsaturated/α-hetero) is 1. The average Bonchev–Trinajstić information content (AvgIpc) is 2.56. The third kappa shape index (κ3) is 4.75. The number of ketones is 1. The second-order valence-electron chi connectivity index (χ2n) is 6.30. The molecule has 0 unspecified atom stereocenters. The summed E-state index contributed by atoms with van der Waals surface area (Å²) in [6, 6.07) is 5.13. The van der Waals surface area contributed by atoms with Crippen LogP contribution < -0.4 is 10.1 Å². The molecule has 0 amide bonds. The van der Waals surface area contributed by atoms with Crippen LogP contribution in [0.5, 0.6) is 5.75 Å². The summed E-state index contributed by atoms with van der Waals surface area (Å²) < 4.78 is 24.3. The van der Waals surface area contributed by atoms with E-state index in [0.717, 1.165) is 26.1 Å². The van der Waals surface area contributed by atoms with Gasteiger partial charge in [-0.1, -0.05) is 19.9 Å². The Morgan fingerprint density at radius 2 is 2.09 bits per heavy atom. The first-order valence-electron chi connectivity index (χ1n) is 8.21. The molecule has 0 bridgehead atoms. The molecule has 1 fully saturated rings. The van der Waals surface area contributed by atoms with Crippen LogP contribution in [0.3, 0.4) is 0 Å². The zero-order chi connectivity index (χ0) is 16.8. The average molecular weight is 323 g/mol. The van der Waals surface area contributed by atoms with E-state index in [0.29, 0.717) is 18.2 Å². The Hall–Kier alpha value is -1.46. The first-order valence-corrected chi connectivity index (χ1v) is 8.21. The highest BCUT2D eigenvalue weighted by Gasteiger charge is 2.25. The van der Waals surface area contributed by atoms with Crippen LogP contribution in [0.2, 0.25) is 0 Å². The van der Waals surface area contributed by atoms with E-state index in [1.165, 1.54) is 13.2 Å². The fraction of sp³-hybridized carbons (Fsp3) is 0.611. The molecule has 1 aromatic rings. The van der Waals surface area contributed by atoms with E-state index in [1.54, 1.807) is 12.1 Å². The summed E-state index contributed by atoms with van der Waals surface area (Å²) in [7, 11) is 1.43. The van der Waals surface area contributed by atoms with Crippen molar-refractivity contribution in [3.63, 3.8) is 0 Å². The molecule has 2 rings (SSSR count). The molecule has 1 aromatic carbocycles. The van der Waals surface area contributed by atoms with Crippen molar-refractivity contribution < 1.29 is 18.7 Å². The van der Waals surface area contributed by atoms with E-state index in [2.05, 4.69) is 5.32 Å². The molecule has 1 saturated heterocycles. The van der Waals surface area contributed by atoms with E-state index in [-0.39, 0.29) is 23.4 Å². The Labute approximate surface area is 137 Å². The van der Waals surface area contributed by atoms with Crippen LogP contribution >= 0.6 is 0 Å². The fourth-order valence-electron chi connectivity index (χ4n) is 2.87. The summed E-state index contributed by atoms with van der Waals surface area (Å²) in [5.74, 6) is -0.562. The number of ether oxygens (including phenoxy) is 2. The maximum Gasteiger partial charge on any atom is 0.165 e. The van der Waals surface area contributed by atoms with Crippen LogP contribution in [0.1, 0.15) is 38.2 Å². The van der Waals surface area contributed by atoms with Crippen LogP contribution in [-0.4, -0.2) is 38.7 Å². The number of carbonyl (C=O) groups excluding carboxylic acids is 1. The predicted molar refractivity (Wildman–Crippen MR) is 87.4 cm³/mol. The van der Waals surface area contributed by atoms with Crippen molar-refractivity contribution in [1.82, 2.24) is 5.32 Å². The highest BCUT2D eigenvalue weighted by atomic mass is 19.1. The molecule has 0 spiro atoms. The smallest absolute Gasteiger partial charge is 0.165 e. The maximum absolute atomic E-state index is 14.0. The lowest BCUT2D eigenvalue weighted by Crippen LogP contribution is -2.39. The quantitative estimate of drug-likeness (QED) is 0.838. The third-order valence-corrected chi connectivity index (χ3v) is 4.32. The predicted octanol–water partition coefficient (Wildman–Crippen LogP) is 2.91. The minimum Gasteiger partial charge on any atom is -0.494 e. The van der Waals surface area contributed by atoms with Gasteiger partial charge in [0.2, 0.25) is 0 Å². The molecule has 1 atom stereocenters. The van der Waals surface area contributed by atoms with Crippen molar-refractivity contribution in [1.29, 1.82) is 0 Å². The van der Waals surface area contributed by atoms with Gasteiger partial charge in [0.05, 0.1) is 13.0 Å². The highest BCUT2D eigenvalue weighted by Crippen LogP contribution is 2.26. The molecule has 128 valence electrons. The zero-order valence-corrected chi connectivity index (χ0v) is 14.1. The fourth-order valence-corrected chi connectivity index (χ4v) is 2.87. The van der Waals surface area contributed by atoms with E-state index < -0.39 is 5.82 Å². The number of carbonyl (C=O) groups is 1. The molecule has 0 radical (unpaired) electrons. The maximum atomic E-state index is 14.0. The van der Waals surface area contributed by atoms with Gasteiger partial charge in [0.25, 0.3) is 0 Å². The van der Waals surface area contributed by atoms with E-state index in [9.17, 15) is 9.18 Å². The summed E-state index contributed by atoms with van der Waals surface area (Å²) in [5, 5.41) is 3.45. The SMILES string of the molecule is COc1ccc([C@@H](CNC2CCOCC2)C(=O)C(C)C)cc1F. The van der Waals surface area contributed by atoms with Crippen molar-refractivity contribution in [2.45, 2.75) is 38.6 Å². The molecule has 1 N–H and O–H groups in total. The van der Waals surface area contributed by atoms with Crippen LogP contribution in [0.15, 0.2) is 18.2 Å². The molecule has 5 heteroatoms. The lowest BCUT2D eigenvalue weighted by molar-refractivity contribution is -0.123. The number of nitrogens with one attached hydrogen (secondary N) is 1. The minimum atomic E-state index is -0.433. The lowest BCUT2D eigenvalue weighted by atomic mass is 9.88. The molecule has 1 heterocycles. The van der Waals surface area contributed by atoms with E-state index in [4.69, 9.17) is 9.47 Å². The van der Waals surface area contributed by atoms with Gasteiger partial charge in [-0.25, -0.2) is 4.39 Å². The van der Waals surface area contributed by atoms with Gasteiger partial charge in [0, 0.05) is 31.7 Å². The van der Waals surface area contributed by atoms with Crippen molar-refractivity contribution in [2.24, 2.45) is 5.92 Å². The molecule has 23 heavy (non-hydrogen) atoms. The normalized spacial score (nSPS) is 17.3. The number of rotatable bonds is 7. The van der Waals surface area contributed by atoms with Crippen LogP contribution in [0.4, 0.5) is 4.39 Å². The van der Waals surface area contributed by atoms with Crippen molar-refractivity contribution in [3.05, 3.63) is 29.6 Å². The second kappa shape index (κ2) is 8.41. The van der Waals surface area contributed by atoms with Crippen LogP contribution in [0, 0.1) is 11.7 Å². The standard InChI is InChI=1S/C18H26FNO3/c1-12(2)18(21)15(11-20-14-6-8-23-9-7-14)13-4-5-17(22-3)16(19)10-13/h4-5,10,12,14-15,20H,6-9,11H2,1-3H3/t15-/m1/s1. The topological polar surface area (TPSA) is 47.6 Å². The number of hydrogen-bond donors (Lipinski definition) is 1. The number of benzene rings is 1. The summed E-state index contributed by atoms with van der Waals surface area (Å²) >= 11 is 0.